The zero-order chi connectivity index (χ0) is 24.1. The van der Waals surface area contributed by atoms with Crippen LogP contribution in [0, 0.1) is 12.7 Å². The SMILES string of the molecule is Cc1c(Nc2c(F)ccc(NS(=O)(=O)N3C[C@@H](F)[C@@H](F)C3)c2Cl)ccc2ncn(C)c(=O)c12. The Morgan fingerprint density at radius 3 is 2.42 bits per heavy atom. The topological polar surface area (TPSA) is 96.3 Å². The third-order valence-electron chi connectivity index (χ3n) is 5.43. The van der Waals surface area contributed by atoms with Gasteiger partial charge in [-0.3, -0.25) is 9.52 Å². The first-order chi connectivity index (χ1) is 15.5. The van der Waals surface area contributed by atoms with Gasteiger partial charge in [-0.15, -0.1) is 0 Å². The molecule has 2 N–H and O–H groups in total. The predicted molar refractivity (Wildman–Crippen MR) is 120 cm³/mol. The van der Waals surface area contributed by atoms with Gasteiger partial charge in [0.2, 0.25) is 0 Å². The molecule has 0 bridgehead atoms. The zero-order valence-electron chi connectivity index (χ0n) is 17.4. The van der Waals surface area contributed by atoms with Gasteiger partial charge in [-0.1, -0.05) is 11.6 Å². The number of aromatic nitrogens is 2. The lowest BCUT2D eigenvalue weighted by molar-refractivity contribution is 0.217. The van der Waals surface area contributed by atoms with Crippen molar-refractivity contribution in [3.8, 4) is 0 Å². The number of hydrogen-bond donors (Lipinski definition) is 2. The number of alkyl halides is 2. The maximum atomic E-state index is 14.6. The van der Waals surface area contributed by atoms with Crippen LogP contribution in [0.4, 0.5) is 30.2 Å². The quantitative estimate of drug-likeness (QED) is 0.558. The molecule has 0 radical (unpaired) electrons. The summed E-state index contributed by atoms with van der Waals surface area (Å²) in [5, 5.41) is 2.83. The van der Waals surface area contributed by atoms with Crippen LogP contribution in [0.15, 0.2) is 35.4 Å². The van der Waals surface area contributed by atoms with Crippen LogP contribution in [0.25, 0.3) is 10.9 Å². The van der Waals surface area contributed by atoms with Crippen LogP contribution in [0.3, 0.4) is 0 Å². The van der Waals surface area contributed by atoms with Gasteiger partial charge in [0.15, 0.2) is 0 Å². The van der Waals surface area contributed by atoms with Gasteiger partial charge in [-0.25, -0.2) is 18.2 Å². The van der Waals surface area contributed by atoms with Crippen LogP contribution in [0.5, 0.6) is 0 Å². The van der Waals surface area contributed by atoms with Crippen molar-refractivity contribution in [3.05, 3.63) is 57.3 Å². The molecule has 8 nitrogen and oxygen atoms in total. The molecule has 1 aromatic heterocycles. The van der Waals surface area contributed by atoms with E-state index in [1.165, 1.54) is 10.9 Å². The summed E-state index contributed by atoms with van der Waals surface area (Å²) in [6.07, 6.45) is -2.47. The van der Waals surface area contributed by atoms with E-state index in [4.69, 9.17) is 11.6 Å². The van der Waals surface area contributed by atoms with Crippen molar-refractivity contribution in [2.24, 2.45) is 7.05 Å². The summed E-state index contributed by atoms with van der Waals surface area (Å²) in [7, 11) is -2.78. The fourth-order valence-corrected chi connectivity index (χ4v) is 5.12. The molecule has 0 amide bonds. The molecule has 1 aliphatic rings. The van der Waals surface area contributed by atoms with Crippen LogP contribution in [0.1, 0.15) is 5.56 Å². The van der Waals surface area contributed by atoms with E-state index in [1.54, 1.807) is 26.1 Å². The minimum absolute atomic E-state index is 0.186. The van der Waals surface area contributed by atoms with Gasteiger partial charge in [-0.05, 0) is 36.8 Å². The number of halogens is 4. The molecular formula is C20H19ClF3N5O3S. The first kappa shape index (κ1) is 23.3. The summed E-state index contributed by atoms with van der Waals surface area (Å²) < 4.78 is 70.7. The van der Waals surface area contributed by atoms with E-state index in [2.05, 4.69) is 15.0 Å². The highest BCUT2D eigenvalue weighted by Gasteiger charge is 2.39. The first-order valence-corrected chi connectivity index (χ1v) is 11.6. The highest BCUT2D eigenvalue weighted by molar-refractivity contribution is 7.90. The van der Waals surface area contributed by atoms with Crippen LogP contribution < -0.4 is 15.6 Å². The van der Waals surface area contributed by atoms with Crippen LogP contribution in [-0.2, 0) is 17.3 Å². The molecule has 0 saturated carbocycles. The van der Waals surface area contributed by atoms with Gasteiger partial charge in [-0.2, -0.15) is 12.7 Å². The lowest BCUT2D eigenvalue weighted by atomic mass is 10.1. The number of nitrogens with one attached hydrogen (secondary N) is 2. The van der Waals surface area contributed by atoms with Crippen molar-refractivity contribution < 1.29 is 21.6 Å². The van der Waals surface area contributed by atoms with E-state index in [0.29, 0.717) is 26.5 Å². The molecule has 3 aromatic rings. The molecule has 1 aliphatic heterocycles. The van der Waals surface area contributed by atoms with Crippen molar-refractivity contribution >= 4 is 49.8 Å². The molecule has 2 aromatic carbocycles. The number of anilines is 3. The minimum Gasteiger partial charge on any atom is -0.352 e. The summed E-state index contributed by atoms with van der Waals surface area (Å²) in [5.74, 6) is -0.782. The average molecular weight is 502 g/mol. The number of aryl methyl sites for hydroxylation is 2. The van der Waals surface area contributed by atoms with E-state index in [-0.39, 0.29) is 22.0 Å². The monoisotopic (exact) mass is 501 g/mol. The van der Waals surface area contributed by atoms with E-state index in [0.717, 1.165) is 12.1 Å². The van der Waals surface area contributed by atoms with Crippen molar-refractivity contribution in [2.45, 2.75) is 19.3 Å². The maximum absolute atomic E-state index is 14.6. The molecule has 13 heteroatoms. The summed E-state index contributed by atoms with van der Waals surface area (Å²) in [5.41, 5.74) is 0.577. The number of nitrogens with zero attached hydrogens (tertiary/aromatic N) is 3. The Balaban J connectivity index is 1.69. The molecule has 4 rings (SSSR count). The molecule has 2 atom stereocenters. The average Bonchev–Trinajstić information content (AvgIpc) is 3.11. The second kappa shape index (κ2) is 8.50. The standard InChI is InChI=1S/C20H19ClF3N5O3S/c1-10-14(5-6-15-17(10)20(30)28(2)9-25-15)26-19-11(22)3-4-16(18(19)21)27-33(31,32)29-7-12(23)13(24)8-29/h3-6,9,12-13,26-27H,7-8H2,1-2H3/t12-,13+. The molecular weight excluding hydrogens is 483 g/mol. The van der Waals surface area contributed by atoms with Gasteiger partial charge in [0.1, 0.15) is 18.2 Å². The smallest absolute Gasteiger partial charge is 0.301 e. The van der Waals surface area contributed by atoms with Gasteiger partial charge >= 0.3 is 10.2 Å². The van der Waals surface area contributed by atoms with Gasteiger partial charge in [0.05, 0.1) is 33.6 Å². The first-order valence-electron chi connectivity index (χ1n) is 9.75. The molecule has 176 valence electrons. The maximum Gasteiger partial charge on any atom is 0.301 e. The summed E-state index contributed by atoms with van der Waals surface area (Å²) in [6.45, 7) is 0.375. The second-order valence-electron chi connectivity index (χ2n) is 7.66. The Hall–Kier alpha value is -2.83. The number of hydrogen-bond acceptors (Lipinski definition) is 5. The van der Waals surface area contributed by atoms with Crippen molar-refractivity contribution in [1.82, 2.24) is 13.9 Å². The molecule has 1 fully saturated rings. The zero-order valence-corrected chi connectivity index (χ0v) is 19.0. The fraction of sp³-hybridized carbons (Fsp3) is 0.300. The number of benzene rings is 2. The Morgan fingerprint density at radius 2 is 1.76 bits per heavy atom. The lowest BCUT2D eigenvalue weighted by Crippen LogP contribution is -2.34. The predicted octanol–water partition coefficient (Wildman–Crippen LogP) is 3.43. The van der Waals surface area contributed by atoms with E-state index in [1.807, 2.05) is 0 Å². The van der Waals surface area contributed by atoms with Gasteiger partial charge in [0.25, 0.3) is 5.56 Å². The van der Waals surface area contributed by atoms with Gasteiger partial charge in [0, 0.05) is 25.8 Å². The molecule has 33 heavy (non-hydrogen) atoms. The molecule has 1 saturated heterocycles. The van der Waals surface area contributed by atoms with Crippen LogP contribution in [-0.4, -0.2) is 47.7 Å². The molecule has 0 unspecified atom stereocenters. The van der Waals surface area contributed by atoms with Crippen molar-refractivity contribution in [3.63, 3.8) is 0 Å². The minimum atomic E-state index is -4.33. The number of fused-ring (bicyclic) bond motifs is 1. The van der Waals surface area contributed by atoms with Crippen LogP contribution in [0.2, 0.25) is 5.02 Å². The largest absolute Gasteiger partial charge is 0.352 e. The Morgan fingerprint density at radius 1 is 1.12 bits per heavy atom. The molecule has 0 aliphatic carbocycles. The Kier molecular flexibility index (Phi) is 6.01. The van der Waals surface area contributed by atoms with Crippen molar-refractivity contribution in [1.29, 1.82) is 0 Å². The highest BCUT2D eigenvalue weighted by Crippen LogP contribution is 2.37. The highest BCUT2D eigenvalue weighted by atomic mass is 35.5. The summed E-state index contributed by atoms with van der Waals surface area (Å²) >= 11 is 6.29. The summed E-state index contributed by atoms with van der Waals surface area (Å²) in [6, 6.07) is 5.26. The third-order valence-corrected chi connectivity index (χ3v) is 7.27. The second-order valence-corrected chi connectivity index (χ2v) is 9.71. The Labute approximate surface area is 192 Å². The molecule has 2 heterocycles. The van der Waals surface area contributed by atoms with Crippen molar-refractivity contribution in [2.75, 3.05) is 23.1 Å². The van der Waals surface area contributed by atoms with E-state index < -0.39 is 41.5 Å². The lowest BCUT2D eigenvalue weighted by Gasteiger charge is -2.19. The van der Waals surface area contributed by atoms with Gasteiger partial charge < -0.3 is 9.88 Å². The fourth-order valence-electron chi connectivity index (χ4n) is 3.56. The molecule has 0 spiro atoms. The van der Waals surface area contributed by atoms with E-state index >= 15 is 0 Å². The van der Waals surface area contributed by atoms with Crippen LogP contribution >= 0.6 is 11.6 Å². The number of rotatable bonds is 5. The normalized spacial score (nSPS) is 19.2. The summed E-state index contributed by atoms with van der Waals surface area (Å²) in [4.78, 5) is 16.7. The van der Waals surface area contributed by atoms with E-state index in [9.17, 15) is 26.4 Å². The Bertz CT molecular complexity index is 1410. The third kappa shape index (κ3) is 4.25.